The summed E-state index contributed by atoms with van der Waals surface area (Å²) >= 11 is 6.46. The molecule has 1 atom stereocenters. The van der Waals surface area contributed by atoms with Crippen LogP contribution in [0.3, 0.4) is 0 Å². The molecule has 0 fully saturated rings. The normalized spacial score (nSPS) is 13.6. The van der Waals surface area contributed by atoms with Gasteiger partial charge in [0.2, 0.25) is 10.0 Å². The number of nitrogens with one attached hydrogen (secondary N) is 1. The quantitative estimate of drug-likeness (QED) is 0.815. The van der Waals surface area contributed by atoms with E-state index in [0.29, 0.717) is 10.9 Å². The Bertz CT molecular complexity index is 486. The molecule has 0 aliphatic heterocycles. The van der Waals surface area contributed by atoms with Crippen LogP contribution < -0.4 is 4.72 Å². The second-order valence-corrected chi connectivity index (χ2v) is 6.94. The summed E-state index contributed by atoms with van der Waals surface area (Å²) in [5, 5.41) is 9.00. The monoisotopic (exact) mass is 385 g/mol. The van der Waals surface area contributed by atoms with Crippen LogP contribution in [0.15, 0.2) is 32.0 Å². The van der Waals surface area contributed by atoms with Crippen molar-refractivity contribution in [2.45, 2.75) is 24.3 Å². The van der Waals surface area contributed by atoms with Crippen molar-refractivity contribution in [3.63, 3.8) is 0 Å². The van der Waals surface area contributed by atoms with Gasteiger partial charge in [-0.05, 0) is 40.5 Å². The SMILES string of the molecule is CCC(CO)NS(=O)(=O)c1ccc(Br)cc1Br. The first kappa shape index (κ1) is 15.1. The summed E-state index contributed by atoms with van der Waals surface area (Å²) in [6.07, 6.45) is 0.532. The Morgan fingerprint density at radius 1 is 1.41 bits per heavy atom. The fourth-order valence-electron chi connectivity index (χ4n) is 1.23. The van der Waals surface area contributed by atoms with Crippen molar-refractivity contribution >= 4 is 41.9 Å². The Labute approximate surface area is 118 Å². The standard InChI is InChI=1S/C10H13Br2NO3S/c1-2-8(6-14)13-17(15,16)10-4-3-7(11)5-9(10)12/h3-5,8,13-14H,2,6H2,1H3. The zero-order valence-corrected chi connectivity index (χ0v) is 13.1. The zero-order valence-electron chi connectivity index (χ0n) is 9.15. The van der Waals surface area contributed by atoms with Crippen LogP contribution in [-0.2, 0) is 10.0 Å². The van der Waals surface area contributed by atoms with E-state index in [-0.39, 0.29) is 11.5 Å². The van der Waals surface area contributed by atoms with Crippen LogP contribution in [0.1, 0.15) is 13.3 Å². The van der Waals surface area contributed by atoms with E-state index in [0.717, 1.165) is 4.47 Å². The van der Waals surface area contributed by atoms with Crippen LogP contribution in [-0.4, -0.2) is 26.2 Å². The van der Waals surface area contributed by atoms with Gasteiger partial charge in [-0.3, -0.25) is 0 Å². The van der Waals surface area contributed by atoms with Crippen molar-refractivity contribution in [3.8, 4) is 0 Å². The molecular weight excluding hydrogens is 374 g/mol. The van der Waals surface area contributed by atoms with E-state index in [4.69, 9.17) is 5.11 Å². The van der Waals surface area contributed by atoms with Crippen LogP contribution in [0, 0.1) is 0 Å². The molecule has 0 saturated heterocycles. The van der Waals surface area contributed by atoms with Crippen LogP contribution in [0.25, 0.3) is 0 Å². The molecule has 1 unspecified atom stereocenters. The molecule has 1 aromatic carbocycles. The lowest BCUT2D eigenvalue weighted by molar-refractivity contribution is 0.254. The van der Waals surface area contributed by atoms with E-state index >= 15 is 0 Å². The van der Waals surface area contributed by atoms with Gasteiger partial charge >= 0.3 is 0 Å². The van der Waals surface area contributed by atoms with Crippen LogP contribution in [0.5, 0.6) is 0 Å². The summed E-state index contributed by atoms with van der Waals surface area (Å²) < 4.78 is 27.8. The van der Waals surface area contributed by atoms with Crippen molar-refractivity contribution in [3.05, 3.63) is 27.1 Å². The first-order valence-electron chi connectivity index (χ1n) is 4.99. The van der Waals surface area contributed by atoms with Gasteiger partial charge in [-0.2, -0.15) is 0 Å². The predicted molar refractivity (Wildman–Crippen MR) is 73.3 cm³/mol. The number of benzene rings is 1. The van der Waals surface area contributed by atoms with Crippen molar-refractivity contribution in [2.75, 3.05) is 6.61 Å². The number of aliphatic hydroxyl groups is 1. The van der Waals surface area contributed by atoms with Gasteiger partial charge < -0.3 is 5.11 Å². The minimum Gasteiger partial charge on any atom is -0.395 e. The Morgan fingerprint density at radius 3 is 2.53 bits per heavy atom. The van der Waals surface area contributed by atoms with Gasteiger partial charge in [0, 0.05) is 15.0 Å². The topological polar surface area (TPSA) is 66.4 Å². The van der Waals surface area contributed by atoms with Crippen molar-refractivity contribution in [1.82, 2.24) is 4.72 Å². The van der Waals surface area contributed by atoms with Crippen LogP contribution >= 0.6 is 31.9 Å². The molecule has 0 saturated carbocycles. The molecule has 17 heavy (non-hydrogen) atoms. The van der Waals surface area contributed by atoms with Crippen LogP contribution in [0.2, 0.25) is 0 Å². The van der Waals surface area contributed by atoms with Gasteiger partial charge in [-0.15, -0.1) is 0 Å². The maximum Gasteiger partial charge on any atom is 0.242 e. The smallest absolute Gasteiger partial charge is 0.242 e. The second-order valence-electron chi connectivity index (χ2n) is 3.48. The van der Waals surface area contributed by atoms with E-state index < -0.39 is 16.1 Å². The second kappa shape index (κ2) is 6.29. The molecule has 0 amide bonds. The minimum atomic E-state index is -3.61. The highest BCUT2D eigenvalue weighted by atomic mass is 79.9. The lowest BCUT2D eigenvalue weighted by Crippen LogP contribution is -2.37. The first-order chi connectivity index (χ1) is 7.90. The van der Waals surface area contributed by atoms with Crippen molar-refractivity contribution in [2.24, 2.45) is 0 Å². The van der Waals surface area contributed by atoms with E-state index in [2.05, 4.69) is 36.6 Å². The molecule has 1 rings (SSSR count). The number of rotatable bonds is 5. The molecule has 0 spiro atoms. The minimum absolute atomic E-state index is 0.160. The molecule has 2 N–H and O–H groups in total. The molecule has 1 aromatic rings. The third kappa shape index (κ3) is 4.03. The summed E-state index contributed by atoms with van der Waals surface area (Å²) in [7, 11) is -3.61. The van der Waals surface area contributed by atoms with E-state index in [9.17, 15) is 8.42 Å². The van der Waals surface area contributed by atoms with Gasteiger partial charge in [-0.1, -0.05) is 22.9 Å². The molecule has 96 valence electrons. The van der Waals surface area contributed by atoms with E-state index in [1.807, 2.05) is 0 Å². The Hall–Kier alpha value is 0.0500. The van der Waals surface area contributed by atoms with Gasteiger partial charge in [0.15, 0.2) is 0 Å². The number of hydrogen-bond acceptors (Lipinski definition) is 3. The summed E-state index contributed by atoms with van der Waals surface area (Å²) in [6.45, 7) is 1.59. The molecule has 7 heteroatoms. The van der Waals surface area contributed by atoms with Gasteiger partial charge in [0.25, 0.3) is 0 Å². The molecule has 0 bridgehead atoms. The highest BCUT2D eigenvalue weighted by Gasteiger charge is 2.21. The molecule has 4 nitrogen and oxygen atoms in total. The van der Waals surface area contributed by atoms with Crippen molar-refractivity contribution < 1.29 is 13.5 Å². The molecular formula is C10H13Br2NO3S. The summed E-state index contributed by atoms with van der Waals surface area (Å²) in [4.78, 5) is 0.160. The molecule has 0 aliphatic carbocycles. The lowest BCUT2D eigenvalue weighted by Gasteiger charge is -2.15. The van der Waals surface area contributed by atoms with Gasteiger partial charge in [0.05, 0.1) is 11.5 Å². The van der Waals surface area contributed by atoms with E-state index in [1.165, 1.54) is 6.07 Å². The van der Waals surface area contributed by atoms with E-state index in [1.54, 1.807) is 19.1 Å². The van der Waals surface area contributed by atoms with Gasteiger partial charge in [0.1, 0.15) is 0 Å². The Balaban J connectivity index is 3.05. The maximum absolute atomic E-state index is 12.0. The third-order valence-corrected chi connectivity index (χ3v) is 5.21. The lowest BCUT2D eigenvalue weighted by atomic mass is 10.3. The highest BCUT2D eigenvalue weighted by molar-refractivity contribution is 9.11. The molecule has 0 aromatic heterocycles. The summed E-state index contributed by atoms with van der Waals surface area (Å²) in [6, 6.07) is 4.35. The summed E-state index contributed by atoms with van der Waals surface area (Å²) in [5.41, 5.74) is 0. The average Bonchev–Trinajstić information content (AvgIpc) is 2.25. The maximum atomic E-state index is 12.0. The first-order valence-corrected chi connectivity index (χ1v) is 8.06. The van der Waals surface area contributed by atoms with Crippen molar-refractivity contribution in [1.29, 1.82) is 0 Å². The third-order valence-electron chi connectivity index (χ3n) is 2.22. The zero-order chi connectivity index (χ0) is 13.1. The summed E-state index contributed by atoms with van der Waals surface area (Å²) in [5.74, 6) is 0. The number of sulfonamides is 1. The number of aliphatic hydroxyl groups excluding tert-OH is 1. The Morgan fingerprint density at radius 2 is 2.06 bits per heavy atom. The molecule has 0 radical (unpaired) electrons. The van der Waals surface area contributed by atoms with Gasteiger partial charge in [-0.25, -0.2) is 13.1 Å². The fraction of sp³-hybridized carbons (Fsp3) is 0.400. The average molecular weight is 387 g/mol. The fourth-order valence-corrected chi connectivity index (χ4v) is 4.28. The largest absolute Gasteiger partial charge is 0.395 e. The number of hydrogen-bond donors (Lipinski definition) is 2. The molecule has 0 aliphatic rings. The van der Waals surface area contributed by atoms with Crippen LogP contribution in [0.4, 0.5) is 0 Å². The predicted octanol–water partition coefficient (Wildman–Crippen LogP) is 2.26. The number of halogens is 2. The molecule has 0 heterocycles. The highest BCUT2D eigenvalue weighted by Crippen LogP contribution is 2.25. The Kier molecular flexibility index (Phi) is 5.59.